The number of likely N-dealkylation sites (N-methyl/N-ethyl adjacent to an activating group) is 2. The zero-order chi connectivity index (χ0) is 25.0. The van der Waals surface area contributed by atoms with Crippen LogP contribution in [0.4, 0.5) is 10.2 Å². The number of halogens is 2. The van der Waals surface area contributed by atoms with Gasteiger partial charge in [-0.3, -0.25) is 4.79 Å². The lowest BCUT2D eigenvalue weighted by Gasteiger charge is -2.20. The van der Waals surface area contributed by atoms with Crippen LogP contribution in [-0.4, -0.2) is 60.0 Å². The molecule has 0 unspecified atom stereocenters. The maximum atomic E-state index is 13.9. The Morgan fingerprint density at radius 3 is 2.47 bits per heavy atom. The quantitative estimate of drug-likeness (QED) is 0.483. The van der Waals surface area contributed by atoms with Crippen molar-refractivity contribution in [2.45, 2.75) is 13.0 Å². The number of amides is 1. The lowest BCUT2D eigenvalue weighted by molar-refractivity contribution is 0.0786. The second-order valence-corrected chi connectivity index (χ2v) is 8.65. The Labute approximate surface area is 203 Å². The van der Waals surface area contributed by atoms with Gasteiger partial charge in [-0.2, -0.15) is 0 Å². The molecular formula is C25H28ClFN4O3. The number of phenols is 1. The fraction of sp³-hybridized carbons (Fsp3) is 0.280. The van der Waals surface area contributed by atoms with E-state index in [0.29, 0.717) is 17.7 Å². The molecule has 0 radical (unpaired) electrons. The molecule has 3 N–H and O–H groups in total. The maximum absolute atomic E-state index is 13.9. The summed E-state index contributed by atoms with van der Waals surface area (Å²) in [5, 5.41) is 9.91. The first-order chi connectivity index (χ1) is 16.1. The number of carbonyl (C=O) groups is 1. The molecule has 0 bridgehead atoms. The Hall–Kier alpha value is -3.36. The highest BCUT2D eigenvalue weighted by molar-refractivity contribution is 6.31. The summed E-state index contributed by atoms with van der Waals surface area (Å²) in [6.45, 7) is 3.02. The van der Waals surface area contributed by atoms with Gasteiger partial charge in [0.05, 0.1) is 10.6 Å². The van der Waals surface area contributed by atoms with E-state index < -0.39 is 11.9 Å². The number of nitrogen functional groups attached to an aromatic ring is 1. The Kier molecular flexibility index (Phi) is 7.96. The van der Waals surface area contributed by atoms with E-state index in [1.807, 2.05) is 31.1 Å². The predicted octanol–water partition coefficient (Wildman–Crippen LogP) is 4.60. The number of aromatic nitrogens is 1. The van der Waals surface area contributed by atoms with Gasteiger partial charge in [-0.05, 0) is 56.9 Å². The van der Waals surface area contributed by atoms with Crippen LogP contribution in [0.5, 0.6) is 11.5 Å². The van der Waals surface area contributed by atoms with E-state index in [0.717, 1.165) is 18.2 Å². The lowest BCUT2D eigenvalue weighted by atomic mass is 10.0. The first kappa shape index (κ1) is 25.3. The van der Waals surface area contributed by atoms with E-state index in [9.17, 15) is 14.3 Å². The van der Waals surface area contributed by atoms with Crippen LogP contribution in [0.1, 0.15) is 28.9 Å². The van der Waals surface area contributed by atoms with Gasteiger partial charge < -0.3 is 25.4 Å². The number of phenolic OH excluding ortho intramolecular Hbond substituents is 1. The van der Waals surface area contributed by atoms with Gasteiger partial charge in [-0.1, -0.05) is 23.7 Å². The van der Waals surface area contributed by atoms with Gasteiger partial charge in [0.15, 0.2) is 11.6 Å². The Balaban J connectivity index is 1.80. The van der Waals surface area contributed by atoms with Crippen molar-refractivity contribution < 1.29 is 19.0 Å². The number of ether oxygens (including phenoxy) is 1. The third-order valence-electron chi connectivity index (χ3n) is 5.40. The standard InChI is InChI=1S/C25H28ClFN4O3/c1-15(22-20(32)10-9-19(27)23(22)26)34-21-13-18(14-29-24(21)28)16-5-7-17(8-6-16)25(33)31(4)12-11-30(2)3/h5-10,13-15,32H,11-12H2,1-4H3,(H2,28,29)/t15-/m1/s1. The van der Waals surface area contributed by atoms with Crippen molar-refractivity contribution in [1.82, 2.24) is 14.8 Å². The Bertz CT molecular complexity index is 1170. The summed E-state index contributed by atoms with van der Waals surface area (Å²) in [6.07, 6.45) is 0.805. The van der Waals surface area contributed by atoms with Crippen molar-refractivity contribution >= 4 is 23.3 Å². The normalized spacial score (nSPS) is 12.0. The number of hydrogen-bond acceptors (Lipinski definition) is 6. The molecule has 1 aromatic heterocycles. The summed E-state index contributed by atoms with van der Waals surface area (Å²) in [7, 11) is 5.70. The molecule has 0 aliphatic rings. The molecule has 0 saturated carbocycles. The van der Waals surface area contributed by atoms with Crippen LogP contribution in [0.15, 0.2) is 48.7 Å². The molecule has 1 heterocycles. The summed E-state index contributed by atoms with van der Waals surface area (Å²) in [4.78, 5) is 20.5. The third-order valence-corrected chi connectivity index (χ3v) is 5.78. The average molecular weight is 487 g/mol. The van der Waals surface area contributed by atoms with Gasteiger partial charge in [0, 0.05) is 37.5 Å². The minimum atomic E-state index is -0.791. The smallest absolute Gasteiger partial charge is 0.253 e. The zero-order valence-corrected chi connectivity index (χ0v) is 20.3. The Morgan fingerprint density at radius 2 is 1.82 bits per heavy atom. The topological polar surface area (TPSA) is 91.9 Å². The molecule has 9 heteroatoms. The highest BCUT2D eigenvalue weighted by Gasteiger charge is 2.21. The number of carbonyl (C=O) groups excluding carboxylic acids is 1. The molecule has 3 rings (SSSR count). The average Bonchev–Trinajstić information content (AvgIpc) is 2.81. The second-order valence-electron chi connectivity index (χ2n) is 8.27. The van der Waals surface area contributed by atoms with Crippen molar-refractivity contribution in [3.8, 4) is 22.6 Å². The number of nitrogens with zero attached hydrogens (tertiary/aromatic N) is 3. The summed E-state index contributed by atoms with van der Waals surface area (Å²) in [5.41, 5.74) is 8.21. The van der Waals surface area contributed by atoms with Crippen molar-refractivity contribution in [3.05, 3.63) is 70.6 Å². The van der Waals surface area contributed by atoms with E-state index in [-0.39, 0.29) is 33.8 Å². The monoisotopic (exact) mass is 486 g/mol. The van der Waals surface area contributed by atoms with Crippen molar-refractivity contribution in [2.24, 2.45) is 0 Å². The van der Waals surface area contributed by atoms with Crippen molar-refractivity contribution in [1.29, 1.82) is 0 Å². The number of nitrogens with two attached hydrogens (primary N) is 1. The minimum absolute atomic E-state index is 0.0616. The van der Waals surface area contributed by atoms with Gasteiger partial charge in [0.1, 0.15) is 17.7 Å². The summed E-state index contributed by atoms with van der Waals surface area (Å²) in [6, 6.07) is 11.2. The molecular weight excluding hydrogens is 459 g/mol. The molecule has 0 fully saturated rings. The first-order valence-electron chi connectivity index (χ1n) is 10.7. The molecule has 34 heavy (non-hydrogen) atoms. The Morgan fingerprint density at radius 1 is 1.15 bits per heavy atom. The fourth-order valence-electron chi connectivity index (χ4n) is 3.38. The molecule has 0 saturated heterocycles. The van der Waals surface area contributed by atoms with Crippen LogP contribution in [0.25, 0.3) is 11.1 Å². The largest absolute Gasteiger partial charge is 0.507 e. The van der Waals surface area contributed by atoms with Gasteiger partial charge in [-0.15, -0.1) is 0 Å². The molecule has 7 nitrogen and oxygen atoms in total. The maximum Gasteiger partial charge on any atom is 0.253 e. The van der Waals surface area contributed by atoms with Gasteiger partial charge in [-0.25, -0.2) is 9.37 Å². The van der Waals surface area contributed by atoms with E-state index in [2.05, 4.69) is 4.98 Å². The number of hydrogen-bond donors (Lipinski definition) is 2. The van der Waals surface area contributed by atoms with Crippen LogP contribution in [0, 0.1) is 5.82 Å². The summed E-state index contributed by atoms with van der Waals surface area (Å²) < 4.78 is 19.8. The number of anilines is 1. The van der Waals surface area contributed by atoms with E-state index in [4.69, 9.17) is 22.1 Å². The number of pyridine rings is 1. The first-order valence-corrected chi connectivity index (χ1v) is 11.1. The number of aromatic hydroxyl groups is 1. The highest BCUT2D eigenvalue weighted by Crippen LogP contribution is 2.37. The molecule has 0 aliphatic carbocycles. The molecule has 3 aromatic rings. The number of benzene rings is 2. The molecule has 2 aromatic carbocycles. The molecule has 0 aliphatic heterocycles. The van der Waals surface area contributed by atoms with E-state index in [1.165, 1.54) is 6.07 Å². The van der Waals surface area contributed by atoms with Crippen LogP contribution in [0.2, 0.25) is 5.02 Å². The molecule has 0 spiro atoms. The third kappa shape index (κ3) is 5.76. The van der Waals surface area contributed by atoms with Crippen LogP contribution < -0.4 is 10.5 Å². The SMILES string of the molecule is C[C@@H](Oc1cc(-c2ccc(C(=O)N(C)CCN(C)C)cc2)cnc1N)c1c(O)ccc(F)c1Cl. The summed E-state index contributed by atoms with van der Waals surface area (Å²) in [5.74, 6) is -0.511. The fourth-order valence-corrected chi connectivity index (χ4v) is 3.69. The highest BCUT2D eigenvalue weighted by atomic mass is 35.5. The van der Waals surface area contributed by atoms with Crippen LogP contribution in [-0.2, 0) is 0 Å². The molecule has 180 valence electrons. The van der Waals surface area contributed by atoms with Crippen molar-refractivity contribution in [3.63, 3.8) is 0 Å². The van der Waals surface area contributed by atoms with Gasteiger partial charge in [0.25, 0.3) is 5.91 Å². The zero-order valence-electron chi connectivity index (χ0n) is 19.5. The predicted molar refractivity (Wildman–Crippen MR) is 132 cm³/mol. The van der Waals surface area contributed by atoms with Gasteiger partial charge in [0.2, 0.25) is 0 Å². The van der Waals surface area contributed by atoms with Crippen LogP contribution >= 0.6 is 11.6 Å². The van der Waals surface area contributed by atoms with E-state index >= 15 is 0 Å². The number of rotatable bonds is 8. The lowest BCUT2D eigenvalue weighted by Crippen LogP contribution is -2.33. The minimum Gasteiger partial charge on any atom is -0.507 e. The molecule has 1 amide bonds. The van der Waals surface area contributed by atoms with E-state index in [1.54, 1.807) is 43.3 Å². The van der Waals surface area contributed by atoms with Gasteiger partial charge >= 0.3 is 0 Å². The molecule has 1 atom stereocenters. The van der Waals surface area contributed by atoms with Crippen molar-refractivity contribution in [2.75, 3.05) is 40.0 Å². The van der Waals surface area contributed by atoms with Crippen LogP contribution in [0.3, 0.4) is 0 Å². The summed E-state index contributed by atoms with van der Waals surface area (Å²) >= 11 is 6.03. The second kappa shape index (κ2) is 10.7.